The number of methoxy groups -OCH3 is 2. The van der Waals surface area contributed by atoms with E-state index in [1.165, 1.54) is 11.7 Å². The lowest BCUT2D eigenvalue weighted by Gasteiger charge is -2.26. The molecule has 6 rings (SSSR count). The summed E-state index contributed by atoms with van der Waals surface area (Å²) in [6.07, 6.45) is 0. The van der Waals surface area contributed by atoms with Crippen LogP contribution in [0.4, 0.5) is 11.4 Å². The van der Waals surface area contributed by atoms with E-state index in [0.717, 1.165) is 17.0 Å². The van der Waals surface area contributed by atoms with E-state index in [-0.39, 0.29) is 10.4 Å². The maximum Gasteiger partial charge on any atom is 0.271 e. The Morgan fingerprint density at radius 2 is 1.74 bits per heavy atom. The van der Waals surface area contributed by atoms with Crippen molar-refractivity contribution in [1.29, 1.82) is 0 Å². The number of nitrogens with zero attached hydrogens (tertiary/aromatic N) is 3. The quantitative estimate of drug-likeness (QED) is 0.375. The molecule has 1 atom stereocenters. The van der Waals surface area contributed by atoms with Crippen molar-refractivity contribution in [3.8, 4) is 11.5 Å². The first-order valence-corrected chi connectivity index (χ1v) is 14.2. The number of rotatable bonds is 6. The van der Waals surface area contributed by atoms with Gasteiger partial charge in [0.15, 0.2) is 4.80 Å². The molecule has 0 aliphatic carbocycles. The molecule has 0 bridgehead atoms. The van der Waals surface area contributed by atoms with Gasteiger partial charge in [-0.05, 0) is 44.2 Å². The van der Waals surface area contributed by atoms with Crippen LogP contribution >= 0.6 is 11.3 Å². The summed E-state index contributed by atoms with van der Waals surface area (Å²) >= 11 is 1.15. The van der Waals surface area contributed by atoms with Crippen LogP contribution in [0.25, 0.3) is 5.57 Å². The number of amides is 2. The van der Waals surface area contributed by atoms with Crippen molar-refractivity contribution >= 4 is 40.1 Å². The highest BCUT2D eigenvalue weighted by Gasteiger charge is 2.37. The zero-order valence-electron chi connectivity index (χ0n) is 23.5. The standard InChI is InChI=1S/C32H28N4O5S/c1-5-35-23-14-10-9-13-21(23)26(30(35)38)28-31(39)36-27(22-16-15-20(40-3)17-24(22)41-4)25(18(2)33-32(36)42-28)29(37)34-19-11-7-6-8-12-19/h6-17,27H,5H2,1-4H3,(H,34,37)/b28-26+/t27-/m0/s1. The normalized spacial score (nSPS) is 17.0. The summed E-state index contributed by atoms with van der Waals surface area (Å²) in [5.41, 5.74) is 3.33. The van der Waals surface area contributed by atoms with Crippen molar-refractivity contribution < 1.29 is 19.1 Å². The van der Waals surface area contributed by atoms with E-state index in [4.69, 9.17) is 14.5 Å². The number of hydrogen-bond donors (Lipinski definition) is 1. The molecular formula is C32H28N4O5S. The van der Waals surface area contributed by atoms with Gasteiger partial charge in [0.2, 0.25) is 0 Å². The predicted molar refractivity (Wildman–Crippen MR) is 162 cm³/mol. The molecule has 1 N–H and O–H groups in total. The van der Waals surface area contributed by atoms with Gasteiger partial charge in [-0.1, -0.05) is 47.7 Å². The second-order valence-electron chi connectivity index (χ2n) is 9.77. The highest BCUT2D eigenvalue weighted by molar-refractivity contribution is 7.07. The molecule has 42 heavy (non-hydrogen) atoms. The molecule has 0 radical (unpaired) electrons. The molecule has 0 unspecified atom stereocenters. The molecule has 0 fully saturated rings. The Bertz CT molecular complexity index is 1960. The lowest BCUT2D eigenvalue weighted by Crippen LogP contribution is -2.41. The number of thiazole rings is 1. The van der Waals surface area contributed by atoms with E-state index < -0.39 is 17.5 Å². The summed E-state index contributed by atoms with van der Waals surface area (Å²) in [7, 11) is 3.08. The Balaban J connectivity index is 1.62. The molecule has 0 spiro atoms. The fourth-order valence-corrected chi connectivity index (χ4v) is 6.67. The number of allylic oxidation sites excluding steroid dienone is 1. The number of carbonyl (C=O) groups excluding carboxylic acids is 2. The molecule has 0 saturated heterocycles. The van der Waals surface area contributed by atoms with E-state index in [1.54, 1.807) is 49.3 Å². The lowest BCUT2D eigenvalue weighted by molar-refractivity contribution is -0.114. The number of aromatic nitrogens is 1. The average molecular weight is 581 g/mol. The van der Waals surface area contributed by atoms with E-state index in [0.29, 0.717) is 56.5 Å². The highest BCUT2D eigenvalue weighted by atomic mass is 32.1. The van der Waals surface area contributed by atoms with Crippen LogP contribution < -0.4 is 34.6 Å². The summed E-state index contributed by atoms with van der Waals surface area (Å²) in [6, 6.07) is 20.9. The average Bonchev–Trinajstić information content (AvgIpc) is 3.47. The Hall–Kier alpha value is -4.96. The SMILES string of the molecule is CCN1C(=O)/C(=c2/sc3n(c2=O)[C@@H](c2ccc(OC)cc2OC)C(C(=O)Nc2ccccc2)=C(C)N=3)c2ccccc21. The smallest absolute Gasteiger partial charge is 0.271 e. The first-order valence-electron chi connectivity index (χ1n) is 13.4. The minimum absolute atomic E-state index is 0.236. The van der Waals surface area contributed by atoms with Crippen LogP contribution in [0.3, 0.4) is 0 Å². The highest BCUT2D eigenvalue weighted by Crippen LogP contribution is 2.38. The van der Waals surface area contributed by atoms with E-state index in [2.05, 4.69) is 5.32 Å². The van der Waals surface area contributed by atoms with Crippen molar-refractivity contribution in [2.75, 3.05) is 31.0 Å². The van der Waals surface area contributed by atoms with Crippen molar-refractivity contribution in [2.45, 2.75) is 19.9 Å². The second kappa shape index (κ2) is 10.8. The van der Waals surface area contributed by atoms with Crippen molar-refractivity contribution in [3.63, 3.8) is 0 Å². The lowest BCUT2D eigenvalue weighted by atomic mass is 9.94. The summed E-state index contributed by atoms with van der Waals surface area (Å²) in [4.78, 5) is 48.7. The molecule has 2 aliphatic heterocycles. The number of carbonyl (C=O) groups is 2. The van der Waals surface area contributed by atoms with Crippen LogP contribution in [0.2, 0.25) is 0 Å². The maximum atomic E-state index is 14.4. The molecular weight excluding hydrogens is 552 g/mol. The minimum atomic E-state index is -0.880. The number of fused-ring (bicyclic) bond motifs is 2. The molecule has 2 amide bonds. The van der Waals surface area contributed by atoms with Gasteiger partial charge in [0.05, 0.1) is 36.8 Å². The molecule has 212 valence electrons. The maximum absolute atomic E-state index is 14.4. The summed E-state index contributed by atoms with van der Waals surface area (Å²) in [5, 5.41) is 2.95. The third kappa shape index (κ3) is 4.31. The molecule has 0 saturated carbocycles. The molecule has 4 aromatic rings. The first kappa shape index (κ1) is 27.2. The number of anilines is 2. The van der Waals surface area contributed by atoms with E-state index in [1.807, 2.05) is 49.4 Å². The fourth-order valence-electron chi connectivity index (χ4n) is 5.53. The van der Waals surface area contributed by atoms with Crippen LogP contribution in [0.1, 0.15) is 31.0 Å². The Morgan fingerprint density at radius 3 is 2.45 bits per heavy atom. The van der Waals surface area contributed by atoms with E-state index in [9.17, 15) is 14.4 Å². The van der Waals surface area contributed by atoms with E-state index >= 15 is 0 Å². The minimum Gasteiger partial charge on any atom is -0.497 e. The van der Waals surface area contributed by atoms with Crippen molar-refractivity contribution in [2.24, 2.45) is 4.99 Å². The molecule has 9 nitrogen and oxygen atoms in total. The number of hydrogen-bond acceptors (Lipinski definition) is 7. The largest absolute Gasteiger partial charge is 0.497 e. The third-order valence-electron chi connectivity index (χ3n) is 7.48. The summed E-state index contributed by atoms with van der Waals surface area (Å²) < 4.78 is 12.9. The molecule has 3 aromatic carbocycles. The number of benzene rings is 3. The van der Waals surface area contributed by atoms with Crippen LogP contribution in [0, 0.1) is 0 Å². The molecule has 1 aromatic heterocycles. The van der Waals surface area contributed by atoms with Crippen LogP contribution in [-0.4, -0.2) is 37.1 Å². The van der Waals surface area contributed by atoms with Gasteiger partial charge >= 0.3 is 0 Å². The van der Waals surface area contributed by atoms with Gasteiger partial charge in [0.25, 0.3) is 17.4 Å². The van der Waals surface area contributed by atoms with Gasteiger partial charge in [-0.15, -0.1) is 0 Å². The molecule has 3 heterocycles. The second-order valence-corrected chi connectivity index (χ2v) is 10.7. The number of likely N-dealkylation sites (N-methyl/N-ethyl adjacent to an activating group) is 1. The van der Waals surface area contributed by atoms with Gasteiger partial charge in [0, 0.05) is 29.4 Å². The van der Waals surface area contributed by atoms with Gasteiger partial charge < -0.3 is 19.7 Å². The first-order chi connectivity index (χ1) is 20.4. The summed E-state index contributed by atoms with van der Waals surface area (Å²) in [5.74, 6) is 0.369. The molecule has 2 aliphatic rings. The Kier molecular flexibility index (Phi) is 6.99. The van der Waals surface area contributed by atoms with Crippen LogP contribution in [0.5, 0.6) is 11.5 Å². The Morgan fingerprint density at radius 1 is 1.00 bits per heavy atom. The monoisotopic (exact) mass is 580 g/mol. The van der Waals surface area contributed by atoms with Gasteiger partial charge in [-0.3, -0.25) is 19.0 Å². The number of para-hydroxylation sites is 2. The fraction of sp³-hybridized carbons (Fsp3) is 0.188. The molecule has 10 heteroatoms. The third-order valence-corrected chi connectivity index (χ3v) is 8.53. The topological polar surface area (TPSA) is 102 Å². The zero-order chi connectivity index (χ0) is 29.5. The Labute approximate surface area is 245 Å². The van der Waals surface area contributed by atoms with Crippen LogP contribution in [0.15, 0.2) is 93.9 Å². The summed E-state index contributed by atoms with van der Waals surface area (Å²) in [6.45, 7) is 4.11. The van der Waals surface area contributed by atoms with Gasteiger partial charge in [0.1, 0.15) is 22.1 Å². The van der Waals surface area contributed by atoms with Crippen LogP contribution in [-0.2, 0) is 9.59 Å². The predicted octanol–water partition coefficient (Wildman–Crippen LogP) is 3.63. The number of ether oxygens (including phenoxy) is 2. The zero-order valence-corrected chi connectivity index (χ0v) is 24.3. The number of nitrogens with one attached hydrogen (secondary N) is 1. The van der Waals surface area contributed by atoms with Gasteiger partial charge in [-0.25, -0.2) is 4.99 Å². The van der Waals surface area contributed by atoms with Crippen molar-refractivity contribution in [3.05, 3.63) is 115 Å². The van der Waals surface area contributed by atoms with Gasteiger partial charge in [-0.2, -0.15) is 0 Å². The van der Waals surface area contributed by atoms with Crippen molar-refractivity contribution in [1.82, 2.24) is 4.57 Å².